The van der Waals surface area contributed by atoms with Crippen LogP contribution in [0.25, 0.3) is 60.1 Å². The Morgan fingerprint density at radius 1 is 0.527 bits per heavy atom. The van der Waals surface area contributed by atoms with Crippen LogP contribution < -0.4 is 4.90 Å². The first-order chi connectivity index (χ1) is 26.5. The summed E-state index contributed by atoms with van der Waals surface area (Å²) in [5.41, 5.74) is 15.3. The molecule has 8 aromatic rings. The fourth-order valence-corrected chi connectivity index (χ4v) is 10.0. The quantitative estimate of drug-likeness (QED) is 0.0976. The highest BCUT2D eigenvalue weighted by Crippen LogP contribution is 2.54. The summed E-state index contributed by atoms with van der Waals surface area (Å²) < 4.78 is 5.65. The third-order valence-corrected chi connectivity index (χ3v) is 12.8. The van der Waals surface area contributed by atoms with Crippen LogP contribution in [0.2, 0.25) is 0 Å². The molecule has 0 fully saturated rings. The molecule has 2 aliphatic carbocycles. The molecule has 0 aromatic heterocycles. The smallest absolute Gasteiger partial charge is 0.163 e. The molecule has 268 valence electrons. The van der Waals surface area contributed by atoms with E-state index in [9.17, 15) is 4.79 Å². The number of nitrogens with zero attached hydrogens (tertiary/aromatic N) is 1. The molecule has 55 heavy (non-hydrogen) atoms. The van der Waals surface area contributed by atoms with Crippen molar-refractivity contribution in [3.8, 4) is 22.3 Å². The van der Waals surface area contributed by atoms with Gasteiger partial charge in [0.2, 0.25) is 0 Å². The van der Waals surface area contributed by atoms with Gasteiger partial charge in [-0.15, -0.1) is 0 Å². The summed E-state index contributed by atoms with van der Waals surface area (Å²) in [4.78, 5) is 15.6. The Balaban J connectivity index is 1.25. The molecule has 3 nitrogen and oxygen atoms in total. The summed E-state index contributed by atoms with van der Waals surface area (Å²) >= 11 is 0. The van der Waals surface area contributed by atoms with Gasteiger partial charge in [-0.3, -0.25) is 4.79 Å². The van der Waals surface area contributed by atoms with E-state index in [1.54, 1.807) is 14.0 Å². The molecule has 2 aliphatic rings. The minimum Gasteiger partial charge on any atom is -0.501 e. The molecule has 0 heterocycles. The normalized spacial score (nSPS) is 15.1. The average molecular weight is 714 g/mol. The highest BCUT2D eigenvalue weighted by Gasteiger charge is 2.38. The van der Waals surface area contributed by atoms with E-state index in [0.717, 1.165) is 44.2 Å². The highest BCUT2D eigenvalue weighted by molar-refractivity contribution is 6.30. The van der Waals surface area contributed by atoms with Gasteiger partial charge in [0.1, 0.15) is 5.76 Å². The SMILES string of the molecule is CO/C(C)=C(\C(C)=O)c1ccc2ccc3c(N(c4ccc5c(c4)C(C)(C)c4ccccc4-5)c4ccc5c(c4)C(C)(C)c4ccccc4-5)ccc4ccc1c2c43. The largest absolute Gasteiger partial charge is 0.501 e. The van der Waals surface area contributed by atoms with Crippen LogP contribution in [0.5, 0.6) is 0 Å². The lowest BCUT2D eigenvalue weighted by Gasteiger charge is -2.31. The van der Waals surface area contributed by atoms with E-state index in [1.807, 2.05) is 6.92 Å². The van der Waals surface area contributed by atoms with E-state index in [1.165, 1.54) is 55.3 Å². The Morgan fingerprint density at radius 3 is 1.55 bits per heavy atom. The number of carbonyl (C=O) groups excluding carboxylic acids is 1. The fourth-order valence-electron chi connectivity index (χ4n) is 10.0. The molecule has 8 aromatic carbocycles. The first-order valence-electron chi connectivity index (χ1n) is 19.3. The Labute approximate surface area is 322 Å². The van der Waals surface area contributed by atoms with Crippen molar-refractivity contribution in [3.63, 3.8) is 0 Å². The second-order valence-electron chi connectivity index (χ2n) is 16.4. The van der Waals surface area contributed by atoms with E-state index in [2.05, 4.69) is 166 Å². The molecule has 0 atom stereocenters. The van der Waals surface area contributed by atoms with Crippen molar-refractivity contribution < 1.29 is 9.53 Å². The Bertz CT molecular complexity index is 2850. The maximum Gasteiger partial charge on any atom is 0.163 e. The molecular weight excluding hydrogens is 671 g/mol. The Morgan fingerprint density at radius 2 is 1.00 bits per heavy atom. The molecule has 0 amide bonds. The summed E-state index contributed by atoms with van der Waals surface area (Å²) in [5.74, 6) is 0.613. The van der Waals surface area contributed by atoms with Crippen molar-refractivity contribution in [1.82, 2.24) is 0 Å². The molecule has 0 saturated heterocycles. The first-order valence-corrected chi connectivity index (χ1v) is 19.3. The Kier molecular flexibility index (Phi) is 7.07. The van der Waals surface area contributed by atoms with Crippen LogP contribution in [0.4, 0.5) is 17.1 Å². The van der Waals surface area contributed by atoms with Crippen molar-refractivity contribution in [2.24, 2.45) is 0 Å². The number of ether oxygens (including phenoxy) is 1. The topological polar surface area (TPSA) is 29.5 Å². The standard InChI is InChI=1S/C52H43NO2/c1-30(54)48(31(2)55-7)40-22-16-32-18-24-42-47(27-19-33-17-23-41(40)49(32)50(33)42)53(34-20-25-38-36-12-8-10-14-43(36)51(3,4)45(38)28-34)35-21-26-39-37-13-9-11-15-44(37)52(5,6)46(39)29-35/h8-29H,1-7H3/b48-31+. The third-order valence-electron chi connectivity index (χ3n) is 12.8. The highest BCUT2D eigenvalue weighted by atomic mass is 16.5. The maximum absolute atomic E-state index is 13.1. The van der Waals surface area contributed by atoms with Gasteiger partial charge in [-0.1, -0.05) is 131 Å². The van der Waals surface area contributed by atoms with Gasteiger partial charge in [-0.05, 0) is 121 Å². The van der Waals surface area contributed by atoms with Crippen LogP contribution in [0.3, 0.4) is 0 Å². The zero-order valence-corrected chi connectivity index (χ0v) is 32.5. The molecule has 3 heteroatoms. The zero-order chi connectivity index (χ0) is 38.0. The number of rotatable bonds is 6. The second kappa shape index (κ2) is 11.7. The van der Waals surface area contributed by atoms with Gasteiger partial charge in [-0.2, -0.15) is 0 Å². The summed E-state index contributed by atoms with van der Waals surface area (Å²) in [6, 6.07) is 49.5. The van der Waals surface area contributed by atoms with Gasteiger partial charge in [0.15, 0.2) is 5.78 Å². The van der Waals surface area contributed by atoms with Crippen LogP contribution in [-0.2, 0) is 20.4 Å². The molecule has 0 spiro atoms. The van der Waals surface area contributed by atoms with Crippen molar-refractivity contribution >= 4 is 60.7 Å². The number of ketones is 1. The molecule has 0 radical (unpaired) electrons. The number of Topliss-reactive ketones (excluding diaryl/α,β-unsaturated/α-hetero) is 1. The average Bonchev–Trinajstić information content (AvgIpc) is 3.57. The maximum atomic E-state index is 13.1. The molecule has 0 aliphatic heterocycles. The number of allylic oxidation sites excluding steroid dienone is 2. The van der Waals surface area contributed by atoms with Crippen LogP contribution in [0, 0.1) is 0 Å². The lowest BCUT2D eigenvalue weighted by atomic mass is 9.82. The van der Waals surface area contributed by atoms with Crippen molar-refractivity contribution in [2.45, 2.75) is 52.4 Å². The molecule has 0 bridgehead atoms. The van der Waals surface area contributed by atoms with Crippen molar-refractivity contribution in [3.05, 3.63) is 167 Å². The molecule has 0 N–H and O–H groups in total. The van der Waals surface area contributed by atoms with Crippen LogP contribution in [0.1, 0.15) is 69.4 Å². The van der Waals surface area contributed by atoms with Crippen LogP contribution in [0.15, 0.2) is 139 Å². The number of methoxy groups -OCH3 is 1. The number of fused-ring (bicyclic) bond motifs is 6. The van der Waals surface area contributed by atoms with E-state index < -0.39 is 0 Å². The lowest BCUT2D eigenvalue weighted by Crippen LogP contribution is -2.18. The third kappa shape index (κ3) is 4.59. The number of hydrogen-bond donors (Lipinski definition) is 0. The van der Waals surface area contributed by atoms with Gasteiger partial charge in [-0.25, -0.2) is 0 Å². The number of anilines is 3. The predicted molar refractivity (Wildman–Crippen MR) is 230 cm³/mol. The second-order valence-corrected chi connectivity index (χ2v) is 16.4. The Hall–Kier alpha value is -6.19. The zero-order valence-electron chi connectivity index (χ0n) is 32.5. The van der Waals surface area contributed by atoms with Gasteiger partial charge in [0.25, 0.3) is 0 Å². The van der Waals surface area contributed by atoms with E-state index >= 15 is 0 Å². The minimum absolute atomic E-state index is 0.00961. The van der Waals surface area contributed by atoms with E-state index in [-0.39, 0.29) is 16.6 Å². The summed E-state index contributed by atoms with van der Waals surface area (Å²) in [7, 11) is 1.63. The van der Waals surface area contributed by atoms with Crippen molar-refractivity contribution in [2.75, 3.05) is 12.0 Å². The van der Waals surface area contributed by atoms with E-state index in [0.29, 0.717) is 11.3 Å². The van der Waals surface area contributed by atoms with Gasteiger partial charge >= 0.3 is 0 Å². The number of hydrogen-bond acceptors (Lipinski definition) is 3. The molecular formula is C52H43NO2. The van der Waals surface area contributed by atoms with Gasteiger partial charge in [0, 0.05) is 27.6 Å². The van der Waals surface area contributed by atoms with Crippen LogP contribution in [-0.4, -0.2) is 12.9 Å². The molecule has 0 unspecified atom stereocenters. The molecule has 0 saturated carbocycles. The monoisotopic (exact) mass is 713 g/mol. The van der Waals surface area contributed by atoms with Crippen LogP contribution >= 0.6 is 0 Å². The van der Waals surface area contributed by atoms with Gasteiger partial charge < -0.3 is 9.64 Å². The molecule has 10 rings (SSSR count). The van der Waals surface area contributed by atoms with Crippen molar-refractivity contribution in [1.29, 1.82) is 0 Å². The summed E-state index contributed by atoms with van der Waals surface area (Å²) in [6.45, 7) is 12.9. The predicted octanol–water partition coefficient (Wildman–Crippen LogP) is 13.6. The van der Waals surface area contributed by atoms with E-state index in [4.69, 9.17) is 4.74 Å². The first kappa shape index (κ1) is 33.4. The fraction of sp³-hybridized carbons (Fsp3) is 0.173. The number of carbonyl (C=O) groups is 1. The van der Waals surface area contributed by atoms with Gasteiger partial charge in [0.05, 0.1) is 18.4 Å². The summed E-state index contributed by atoms with van der Waals surface area (Å²) in [6.07, 6.45) is 0. The number of benzene rings is 8. The lowest BCUT2D eigenvalue weighted by molar-refractivity contribution is -0.111. The summed E-state index contributed by atoms with van der Waals surface area (Å²) in [5, 5.41) is 6.88. The minimum atomic E-state index is -0.142.